The molecule has 2 aromatic carbocycles. The predicted molar refractivity (Wildman–Crippen MR) is 87.4 cm³/mol. The van der Waals surface area contributed by atoms with E-state index in [0.29, 0.717) is 0 Å². The van der Waals surface area contributed by atoms with Crippen LogP contribution < -0.4 is 0 Å². The van der Waals surface area contributed by atoms with Crippen molar-refractivity contribution >= 4 is 11.8 Å². The van der Waals surface area contributed by atoms with Crippen LogP contribution in [0.4, 0.5) is 0 Å². The van der Waals surface area contributed by atoms with Gasteiger partial charge in [-0.2, -0.15) is 0 Å². The zero-order chi connectivity index (χ0) is 14.7. The zero-order valence-electron chi connectivity index (χ0n) is 12.2. The monoisotopic (exact) mass is 295 g/mol. The van der Waals surface area contributed by atoms with Crippen molar-refractivity contribution in [1.29, 1.82) is 0 Å². The molecule has 1 aromatic heterocycles. The minimum Gasteiger partial charge on any atom is -0.440 e. The molecule has 0 aliphatic carbocycles. The van der Waals surface area contributed by atoms with E-state index in [1.165, 1.54) is 16.0 Å². The van der Waals surface area contributed by atoms with E-state index in [2.05, 4.69) is 37.0 Å². The first-order chi connectivity index (χ1) is 10.2. The second-order valence-electron chi connectivity index (χ2n) is 5.02. The van der Waals surface area contributed by atoms with Gasteiger partial charge in [-0.3, -0.25) is 0 Å². The number of hydrogen-bond donors (Lipinski definition) is 0. The van der Waals surface area contributed by atoms with Crippen molar-refractivity contribution in [2.24, 2.45) is 0 Å². The highest BCUT2D eigenvalue weighted by atomic mass is 32.2. The summed E-state index contributed by atoms with van der Waals surface area (Å²) in [6.45, 7) is 4.27. The lowest BCUT2D eigenvalue weighted by Gasteiger charge is -2.03. The number of aryl methyl sites for hydroxylation is 2. The Balaban J connectivity index is 1.69. The molecule has 3 aromatic rings. The lowest BCUT2D eigenvalue weighted by molar-refractivity contribution is 0.530. The van der Waals surface area contributed by atoms with Crippen LogP contribution in [0.15, 0.2) is 64.0 Å². The van der Waals surface area contributed by atoms with E-state index in [9.17, 15) is 0 Å². The van der Waals surface area contributed by atoms with E-state index in [1.54, 1.807) is 18.0 Å². The summed E-state index contributed by atoms with van der Waals surface area (Å²) in [5, 5.41) is 0. The lowest BCUT2D eigenvalue weighted by atomic mass is 10.1. The van der Waals surface area contributed by atoms with E-state index >= 15 is 0 Å². The third kappa shape index (κ3) is 3.37. The molecule has 21 heavy (non-hydrogen) atoms. The predicted octanol–water partition coefficient (Wildman–Crippen LogP) is 5.25. The summed E-state index contributed by atoms with van der Waals surface area (Å²) in [7, 11) is 0. The van der Waals surface area contributed by atoms with Gasteiger partial charge in [-0.1, -0.05) is 36.4 Å². The molecule has 0 amide bonds. The SMILES string of the molecule is Cc1ccc(SCc2ncc(-c3ccccc3)o2)cc1C. The maximum absolute atomic E-state index is 5.81. The van der Waals surface area contributed by atoms with Crippen LogP contribution in [-0.2, 0) is 5.75 Å². The molecule has 2 nitrogen and oxygen atoms in total. The Morgan fingerprint density at radius 3 is 2.57 bits per heavy atom. The molecule has 0 N–H and O–H groups in total. The molecule has 0 fully saturated rings. The molecule has 1 heterocycles. The number of benzene rings is 2. The van der Waals surface area contributed by atoms with E-state index < -0.39 is 0 Å². The molecular formula is C18H17NOS. The van der Waals surface area contributed by atoms with Crippen LogP contribution in [0.1, 0.15) is 17.0 Å². The Morgan fingerprint density at radius 1 is 1.00 bits per heavy atom. The highest BCUT2D eigenvalue weighted by Crippen LogP contribution is 2.26. The van der Waals surface area contributed by atoms with Gasteiger partial charge in [-0.05, 0) is 37.1 Å². The largest absolute Gasteiger partial charge is 0.440 e. The van der Waals surface area contributed by atoms with Crippen LogP contribution >= 0.6 is 11.8 Å². The van der Waals surface area contributed by atoms with Gasteiger partial charge in [-0.25, -0.2) is 4.98 Å². The minimum atomic E-state index is 0.745. The molecule has 0 aliphatic rings. The van der Waals surface area contributed by atoms with Crippen molar-refractivity contribution in [3.63, 3.8) is 0 Å². The van der Waals surface area contributed by atoms with Crippen LogP contribution in [0.3, 0.4) is 0 Å². The molecule has 3 rings (SSSR count). The fourth-order valence-corrected chi connectivity index (χ4v) is 2.91. The van der Waals surface area contributed by atoms with Crippen molar-refractivity contribution in [3.8, 4) is 11.3 Å². The third-order valence-electron chi connectivity index (χ3n) is 3.45. The average molecular weight is 295 g/mol. The number of oxazole rings is 1. The van der Waals surface area contributed by atoms with Crippen molar-refractivity contribution < 1.29 is 4.42 Å². The summed E-state index contributed by atoms with van der Waals surface area (Å²) < 4.78 is 5.81. The smallest absolute Gasteiger partial charge is 0.205 e. The van der Waals surface area contributed by atoms with E-state index in [-0.39, 0.29) is 0 Å². The van der Waals surface area contributed by atoms with Gasteiger partial charge < -0.3 is 4.42 Å². The number of hydrogen-bond acceptors (Lipinski definition) is 3. The second-order valence-corrected chi connectivity index (χ2v) is 6.07. The summed E-state index contributed by atoms with van der Waals surface area (Å²) in [6, 6.07) is 16.6. The minimum absolute atomic E-state index is 0.745. The summed E-state index contributed by atoms with van der Waals surface area (Å²) in [5.74, 6) is 2.33. The van der Waals surface area contributed by atoms with Crippen molar-refractivity contribution in [2.45, 2.75) is 24.5 Å². The van der Waals surface area contributed by atoms with Crippen LogP contribution in [0, 0.1) is 13.8 Å². The molecule has 106 valence electrons. The Labute approximate surface area is 129 Å². The van der Waals surface area contributed by atoms with Crippen molar-refractivity contribution in [1.82, 2.24) is 4.98 Å². The summed E-state index contributed by atoms with van der Waals surface area (Å²) in [5.41, 5.74) is 3.70. The highest BCUT2D eigenvalue weighted by molar-refractivity contribution is 7.98. The number of nitrogens with zero attached hydrogens (tertiary/aromatic N) is 1. The normalized spacial score (nSPS) is 10.8. The van der Waals surface area contributed by atoms with E-state index in [4.69, 9.17) is 4.42 Å². The van der Waals surface area contributed by atoms with Crippen molar-refractivity contribution in [2.75, 3.05) is 0 Å². The number of aromatic nitrogens is 1. The topological polar surface area (TPSA) is 26.0 Å². The molecule has 0 radical (unpaired) electrons. The fraction of sp³-hybridized carbons (Fsp3) is 0.167. The molecule has 0 unspecified atom stereocenters. The van der Waals surface area contributed by atoms with Gasteiger partial charge >= 0.3 is 0 Å². The molecular weight excluding hydrogens is 278 g/mol. The molecule has 3 heteroatoms. The maximum Gasteiger partial charge on any atom is 0.205 e. The first kappa shape index (κ1) is 14.0. The first-order valence-electron chi connectivity index (χ1n) is 6.92. The van der Waals surface area contributed by atoms with Gasteiger partial charge in [0.25, 0.3) is 0 Å². The summed E-state index contributed by atoms with van der Waals surface area (Å²) in [4.78, 5) is 5.61. The number of thioether (sulfide) groups is 1. The van der Waals surface area contributed by atoms with Gasteiger partial charge in [0, 0.05) is 10.5 Å². The maximum atomic E-state index is 5.81. The van der Waals surface area contributed by atoms with Crippen LogP contribution in [0.25, 0.3) is 11.3 Å². The molecule has 0 bridgehead atoms. The van der Waals surface area contributed by atoms with Crippen LogP contribution in [0.5, 0.6) is 0 Å². The Kier molecular flexibility index (Phi) is 4.11. The van der Waals surface area contributed by atoms with Gasteiger partial charge in [-0.15, -0.1) is 11.8 Å². The van der Waals surface area contributed by atoms with E-state index in [1.807, 2.05) is 30.3 Å². The Bertz CT molecular complexity index is 734. The third-order valence-corrected chi connectivity index (χ3v) is 4.43. The first-order valence-corrected chi connectivity index (χ1v) is 7.91. The fourth-order valence-electron chi connectivity index (χ4n) is 2.06. The molecule has 0 aliphatic heterocycles. The molecule has 0 saturated carbocycles. The van der Waals surface area contributed by atoms with Crippen LogP contribution in [-0.4, -0.2) is 4.98 Å². The van der Waals surface area contributed by atoms with Gasteiger partial charge in [0.05, 0.1) is 11.9 Å². The Hall–Kier alpha value is -2.00. The van der Waals surface area contributed by atoms with E-state index in [0.717, 1.165) is 23.0 Å². The van der Waals surface area contributed by atoms with Gasteiger partial charge in [0.2, 0.25) is 5.89 Å². The van der Waals surface area contributed by atoms with Crippen molar-refractivity contribution in [3.05, 3.63) is 71.7 Å². The summed E-state index contributed by atoms with van der Waals surface area (Å²) in [6.07, 6.45) is 1.80. The number of rotatable bonds is 4. The Morgan fingerprint density at radius 2 is 1.81 bits per heavy atom. The molecule has 0 spiro atoms. The molecule has 0 atom stereocenters. The highest BCUT2D eigenvalue weighted by Gasteiger charge is 2.07. The standard InChI is InChI=1S/C18H17NOS/c1-13-8-9-16(10-14(13)2)21-12-18-19-11-17(20-18)15-6-4-3-5-7-15/h3-11H,12H2,1-2H3. The average Bonchev–Trinajstić information content (AvgIpc) is 2.98. The zero-order valence-corrected chi connectivity index (χ0v) is 13.0. The quantitative estimate of drug-likeness (QED) is 0.615. The molecule has 0 saturated heterocycles. The lowest BCUT2D eigenvalue weighted by Crippen LogP contribution is -1.83. The van der Waals surface area contributed by atoms with Gasteiger partial charge in [0.15, 0.2) is 5.76 Å². The summed E-state index contributed by atoms with van der Waals surface area (Å²) >= 11 is 1.75. The second kappa shape index (κ2) is 6.19. The van der Waals surface area contributed by atoms with Gasteiger partial charge in [0.1, 0.15) is 0 Å². The van der Waals surface area contributed by atoms with Crippen LogP contribution in [0.2, 0.25) is 0 Å².